The van der Waals surface area contributed by atoms with E-state index in [1.807, 2.05) is 6.92 Å². The van der Waals surface area contributed by atoms with Crippen LogP contribution in [-0.2, 0) is 21.2 Å². The van der Waals surface area contributed by atoms with Crippen LogP contribution in [0.15, 0.2) is 23.1 Å². The van der Waals surface area contributed by atoms with Crippen LogP contribution >= 0.6 is 0 Å². The number of nitrogens with one attached hydrogen (secondary N) is 1. The van der Waals surface area contributed by atoms with Gasteiger partial charge in [0, 0.05) is 17.3 Å². The fourth-order valence-corrected chi connectivity index (χ4v) is 3.25. The highest BCUT2D eigenvalue weighted by molar-refractivity contribution is 7.89. The van der Waals surface area contributed by atoms with Gasteiger partial charge in [-0.1, -0.05) is 6.92 Å². The molecular weight excluding hydrogens is 314 g/mol. The van der Waals surface area contributed by atoms with Crippen molar-refractivity contribution in [2.75, 3.05) is 11.4 Å². The van der Waals surface area contributed by atoms with Crippen molar-refractivity contribution in [2.45, 2.75) is 57.0 Å². The Balaban J connectivity index is 2.22. The minimum atomic E-state index is -3.73. The zero-order valence-electron chi connectivity index (χ0n) is 14.1. The molecule has 3 N–H and O–H groups in total. The number of anilines is 1. The maximum atomic E-state index is 12.6. The van der Waals surface area contributed by atoms with Crippen molar-refractivity contribution >= 4 is 21.6 Å². The molecule has 1 amide bonds. The SMILES string of the molecule is CCC(C)(C)NCC(=O)N1c2ccc(S(N)(=O)=O)cc2C[C@H]1C. The molecule has 6 nitrogen and oxygen atoms in total. The molecular formula is C16H25N3O3S. The van der Waals surface area contributed by atoms with E-state index < -0.39 is 10.0 Å². The number of rotatable bonds is 5. The van der Waals surface area contributed by atoms with Gasteiger partial charge >= 0.3 is 0 Å². The molecule has 2 rings (SSSR count). The first-order valence-corrected chi connectivity index (χ1v) is 9.32. The lowest BCUT2D eigenvalue weighted by Gasteiger charge is -2.28. The summed E-state index contributed by atoms with van der Waals surface area (Å²) in [4.78, 5) is 14.4. The number of nitrogens with zero attached hydrogens (tertiary/aromatic N) is 1. The molecule has 1 atom stereocenters. The lowest BCUT2D eigenvalue weighted by molar-refractivity contribution is -0.118. The lowest BCUT2D eigenvalue weighted by atomic mass is 10.0. The van der Waals surface area contributed by atoms with Crippen molar-refractivity contribution in [3.63, 3.8) is 0 Å². The maximum absolute atomic E-state index is 12.6. The lowest BCUT2D eigenvalue weighted by Crippen LogP contribution is -2.47. The van der Waals surface area contributed by atoms with Crippen LogP contribution in [0.1, 0.15) is 39.7 Å². The molecule has 128 valence electrons. The van der Waals surface area contributed by atoms with Crippen molar-refractivity contribution in [3.05, 3.63) is 23.8 Å². The van der Waals surface area contributed by atoms with Gasteiger partial charge in [0.05, 0.1) is 11.4 Å². The third-order valence-electron chi connectivity index (χ3n) is 4.47. The van der Waals surface area contributed by atoms with Gasteiger partial charge in [-0.3, -0.25) is 4.79 Å². The van der Waals surface area contributed by atoms with E-state index in [1.165, 1.54) is 6.07 Å². The quantitative estimate of drug-likeness (QED) is 0.848. The molecule has 1 aromatic rings. The van der Waals surface area contributed by atoms with E-state index in [-0.39, 0.29) is 28.9 Å². The van der Waals surface area contributed by atoms with Gasteiger partial charge in [0.25, 0.3) is 0 Å². The standard InChI is InChI=1S/C16H25N3O3S/c1-5-16(3,4)18-10-15(20)19-11(2)8-12-9-13(23(17,21)22)6-7-14(12)19/h6-7,9,11,18H,5,8,10H2,1-4H3,(H2,17,21,22)/t11-/m1/s1. The van der Waals surface area contributed by atoms with E-state index in [0.717, 1.165) is 17.7 Å². The van der Waals surface area contributed by atoms with Crippen LogP contribution in [0.25, 0.3) is 0 Å². The molecule has 0 saturated heterocycles. The number of sulfonamides is 1. The van der Waals surface area contributed by atoms with E-state index >= 15 is 0 Å². The van der Waals surface area contributed by atoms with Crippen LogP contribution in [0, 0.1) is 0 Å². The number of carbonyl (C=O) groups is 1. The van der Waals surface area contributed by atoms with Gasteiger partial charge in [0.1, 0.15) is 0 Å². The van der Waals surface area contributed by atoms with E-state index in [9.17, 15) is 13.2 Å². The van der Waals surface area contributed by atoms with Gasteiger partial charge in [-0.15, -0.1) is 0 Å². The number of carbonyl (C=O) groups excluding carboxylic acids is 1. The van der Waals surface area contributed by atoms with Crippen LogP contribution in [0.4, 0.5) is 5.69 Å². The molecule has 7 heteroatoms. The van der Waals surface area contributed by atoms with Crippen LogP contribution < -0.4 is 15.4 Å². The first-order chi connectivity index (χ1) is 10.5. The highest BCUT2D eigenvalue weighted by Crippen LogP contribution is 2.33. The van der Waals surface area contributed by atoms with Gasteiger partial charge in [0.2, 0.25) is 15.9 Å². The number of hydrogen-bond acceptors (Lipinski definition) is 4. The Kier molecular flexibility index (Phi) is 4.84. The van der Waals surface area contributed by atoms with Crippen LogP contribution in [0.3, 0.4) is 0 Å². The fourth-order valence-electron chi connectivity index (χ4n) is 2.69. The van der Waals surface area contributed by atoms with Gasteiger partial charge in [-0.05, 0) is 57.4 Å². The Morgan fingerprint density at radius 1 is 1.43 bits per heavy atom. The molecule has 1 aliphatic heterocycles. The zero-order valence-corrected chi connectivity index (χ0v) is 14.9. The first-order valence-electron chi connectivity index (χ1n) is 7.78. The summed E-state index contributed by atoms with van der Waals surface area (Å²) in [6.07, 6.45) is 1.55. The monoisotopic (exact) mass is 339 g/mol. The van der Waals surface area contributed by atoms with Gasteiger partial charge in [-0.25, -0.2) is 13.6 Å². The van der Waals surface area contributed by atoms with Crippen molar-refractivity contribution in [2.24, 2.45) is 5.14 Å². The number of primary sulfonamides is 1. The van der Waals surface area contributed by atoms with E-state index in [1.54, 1.807) is 17.0 Å². The van der Waals surface area contributed by atoms with E-state index in [0.29, 0.717) is 6.42 Å². The maximum Gasteiger partial charge on any atom is 0.241 e. The third-order valence-corrected chi connectivity index (χ3v) is 5.38. The molecule has 0 aliphatic carbocycles. The van der Waals surface area contributed by atoms with E-state index in [4.69, 9.17) is 5.14 Å². The second kappa shape index (κ2) is 6.22. The van der Waals surface area contributed by atoms with Gasteiger partial charge < -0.3 is 10.2 Å². The van der Waals surface area contributed by atoms with Crippen LogP contribution in [0.2, 0.25) is 0 Å². The Morgan fingerprint density at radius 3 is 2.65 bits per heavy atom. The molecule has 0 aromatic heterocycles. The normalized spacial score (nSPS) is 18.1. The second-order valence-corrected chi connectivity index (χ2v) is 8.30. The summed E-state index contributed by atoms with van der Waals surface area (Å²) in [5, 5.41) is 8.44. The van der Waals surface area contributed by atoms with Gasteiger partial charge in [0.15, 0.2) is 0 Å². The number of benzene rings is 1. The van der Waals surface area contributed by atoms with Gasteiger partial charge in [-0.2, -0.15) is 0 Å². The topological polar surface area (TPSA) is 92.5 Å². The highest BCUT2D eigenvalue weighted by Gasteiger charge is 2.32. The summed E-state index contributed by atoms with van der Waals surface area (Å²) in [5.41, 5.74) is 1.51. The zero-order chi connectivity index (χ0) is 17.4. The highest BCUT2D eigenvalue weighted by atomic mass is 32.2. The summed E-state index contributed by atoms with van der Waals surface area (Å²) in [6, 6.07) is 4.69. The molecule has 0 unspecified atom stereocenters. The molecule has 0 fully saturated rings. The average molecular weight is 339 g/mol. The van der Waals surface area contributed by atoms with Crippen molar-refractivity contribution < 1.29 is 13.2 Å². The summed E-state index contributed by atoms with van der Waals surface area (Å²) >= 11 is 0. The molecule has 1 aromatic carbocycles. The average Bonchev–Trinajstić information content (AvgIpc) is 2.79. The van der Waals surface area contributed by atoms with E-state index in [2.05, 4.69) is 26.1 Å². The minimum absolute atomic E-state index is 0.000215. The number of fused-ring (bicyclic) bond motifs is 1. The summed E-state index contributed by atoms with van der Waals surface area (Å²) in [5.74, 6) is -0.0128. The summed E-state index contributed by atoms with van der Waals surface area (Å²) < 4.78 is 22.9. The molecule has 0 radical (unpaired) electrons. The Hall–Kier alpha value is -1.44. The Bertz CT molecular complexity index is 713. The Morgan fingerprint density at radius 2 is 2.09 bits per heavy atom. The number of amides is 1. The molecule has 0 saturated carbocycles. The second-order valence-electron chi connectivity index (χ2n) is 6.74. The number of nitrogens with two attached hydrogens (primary N) is 1. The van der Waals surface area contributed by atoms with Crippen LogP contribution in [-0.4, -0.2) is 32.5 Å². The predicted molar refractivity (Wildman–Crippen MR) is 90.8 cm³/mol. The largest absolute Gasteiger partial charge is 0.308 e. The molecule has 1 heterocycles. The smallest absolute Gasteiger partial charge is 0.241 e. The fraction of sp³-hybridized carbons (Fsp3) is 0.562. The predicted octanol–water partition coefficient (Wildman–Crippen LogP) is 1.39. The number of hydrogen-bond donors (Lipinski definition) is 2. The first kappa shape index (κ1) is 17.9. The summed E-state index contributed by atoms with van der Waals surface area (Å²) in [6.45, 7) is 8.39. The minimum Gasteiger partial charge on any atom is -0.308 e. The third kappa shape index (κ3) is 3.91. The molecule has 0 spiro atoms. The van der Waals surface area contributed by atoms with Crippen LogP contribution in [0.5, 0.6) is 0 Å². The van der Waals surface area contributed by atoms with Crippen molar-refractivity contribution in [3.8, 4) is 0 Å². The molecule has 1 aliphatic rings. The molecule has 0 bridgehead atoms. The van der Waals surface area contributed by atoms with Crippen molar-refractivity contribution in [1.29, 1.82) is 0 Å². The molecule has 23 heavy (non-hydrogen) atoms. The summed E-state index contributed by atoms with van der Waals surface area (Å²) in [7, 11) is -3.73. The Labute approximate surface area is 138 Å². The van der Waals surface area contributed by atoms with Crippen molar-refractivity contribution in [1.82, 2.24) is 5.32 Å².